The van der Waals surface area contributed by atoms with E-state index in [-0.39, 0.29) is 0 Å². The van der Waals surface area contributed by atoms with Crippen molar-refractivity contribution in [2.45, 2.75) is 30.2 Å². The fourth-order valence-corrected chi connectivity index (χ4v) is 5.18. The van der Waals surface area contributed by atoms with Crippen molar-refractivity contribution in [1.82, 2.24) is 14.7 Å². The predicted octanol–water partition coefficient (Wildman–Crippen LogP) is 3.89. The number of fused-ring (bicyclic) bond motifs is 2. The number of rotatable bonds is 9. The molecular formula is C22H29N5OS. The van der Waals surface area contributed by atoms with Crippen molar-refractivity contribution in [1.29, 1.82) is 0 Å². The van der Waals surface area contributed by atoms with Crippen LogP contribution >= 0.6 is 11.8 Å². The van der Waals surface area contributed by atoms with Crippen LogP contribution in [0.2, 0.25) is 0 Å². The fourth-order valence-electron chi connectivity index (χ4n) is 3.90. The number of anilines is 1. The molecule has 0 atom stereocenters. The third-order valence-corrected chi connectivity index (χ3v) is 6.76. The number of nitrogens with one attached hydrogen (secondary N) is 1. The van der Waals surface area contributed by atoms with E-state index in [1.165, 1.54) is 15.8 Å². The summed E-state index contributed by atoms with van der Waals surface area (Å²) >= 11 is 1.76. The lowest BCUT2D eigenvalue weighted by atomic mass is 10.1. The minimum absolute atomic E-state index is 0.595. The molecule has 0 spiro atoms. The molecule has 0 aliphatic carbocycles. The maximum atomic E-state index is 5.73. The van der Waals surface area contributed by atoms with Gasteiger partial charge in [0.2, 0.25) is 0 Å². The first-order valence-electron chi connectivity index (χ1n) is 10.3. The minimum Gasteiger partial charge on any atom is -0.496 e. The van der Waals surface area contributed by atoms with Gasteiger partial charge in [0.1, 0.15) is 11.4 Å². The van der Waals surface area contributed by atoms with Crippen LogP contribution in [0.15, 0.2) is 40.1 Å². The molecule has 1 aliphatic rings. The van der Waals surface area contributed by atoms with Gasteiger partial charge in [0.05, 0.1) is 24.1 Å². The molecule has 0 radical (unpaired) electrons. The van der Waals surface area contributed by atoms with Gasteiger partial charge in [-0.05, 0) is 31.3 Å². The number of likely N-dealkylation sites (N-methyl/N-ethyl adjacent to an activating group) is 1. The van der Waals surface area contributed by atoms with Crippen LogP contribution < -0.4 is 15.8 Å². The van der Waals surface area contributed by atoms with Gasteiger partial charge in [-0.1, -0.05) is 37.7 Å². The zero-order chi connectivity index (χ0) is 20.4. The average Bonchev–Trinajstić information content (AvgIpc) is 3.13. The highest BCUT2D eigenvalue weighted by atomic mass is 32.2. The van der Waals surface area contributed by atoms with Gasteiger partial charge in [-0.25, -0.2) is 0 Å². The largest absolute Gasteiger partial charge is 0.496 e. The van der Waals surface area contributed by atoms with Gasteiger partial charge in [-0.2, -0.15) is 5.10 Å². The topological polar surface area (TPSA) is 68.3 Å². The lowest BCUT2D eigenvalue weighted by Gasteiger charge is -2.20. The van der Waals surface area contributed by atoms with Crippen molar-refractivity contribution in [3.8, 4) is 17.0 Å². The highest BCUT2D eigenvalue weighted by molar-refractivity contribution is 8.00. The van der Waals surface area contributed by atoms with Crippen LogP contribution in [0.3, 0.4) is 0 Å². The van der Waals surface area contributed by atoms with E-state index in [9.17, 15) is 0 Å². The summed E-state index contributed by atoms with van der Waals surface area (Å²) in [6.45, 7) is 9.71. The molecule has 3 N–H and O–H groups in total. The van der Waals surface area contributed by atoms with Crippen LogP contribution in [-0.4, -0.2) is 54.5 Å². The first-order valence-corrected chi connectivity index (χ1v) is 11.1. The molecule has 0 amide bonds. The van der Waals surface area contributed by atoms with E-state index in [1.54, 1.807) is 18.9 Å². The number of nitrogens with two attached hydrogens (primary N) is 1. The van der Waals surface area contributed by atoms with Crippen LogP contribution in [0.1, 0.15) is 13.8 Å². The zero-order valence-electron chi connectivity index (χ0n) is 17.4. The Bertz CT molecular complexity index is 1010. The number of nitrogens with zero attached hydrogens (tertiary/aromatic N) is 3. The molecule has 0 fully saturated rings. The molecule has 2 heterocycles. The summed E-state index contributed by atoms with van der Waals surface area (Å²) in [4.78, 5) is 4.76. The highest BCUT2D eigenvalue weighted by Gasteiger charge is 2.28. The molecule has 154 valence electrons. The predicted molar refractivity (Wildman–Crippen MR) is 121 cm³/mol. The summed E-state index contributed by atoms with van der Waals surface area (Å²) in [7, 11) is 1.72. The van der Waals surface area contributed by atoms with Crippen molar-refractivity contribution >= 4 is 28.4 Å². The second kappa shape index (κ2) is 8.65. The van der Waals surface area contributed by atoms with Gasteiger partial charge in [0.25, 0.3) is 0 Å². The molecule has 4 rings (SSSR count). The molecule has 0 unspecified atom stereocenters. The summed E-state index contributed by atoms with van der Waals surface area (Å²) < 4.78 is 7.82. The van der Waals surface area contributed by atoms with Crippen molar-refractivity contribution in [2.24, 2.45) is 5.73 Å². The van der Waals surface area contributed by atoms with E-state index in [2.05, 4.69) is 46.9 Å². The van der Waals surface area contributed by atoms with E-state index < -0.39 is 0 Å². The first-order chi connectivity index (χ1) is 14.2. The fraction of sp³-hybridized carbons (Fsp3) is 0.409. The molecule has 6 nitrogen and oxygen atoms in total. The lowest BCUT2D eigenvalue weighted by molar-refractivity contribution is 0.287. The van der Waals surface area contributed by atoms with Gasteiger partial charge in [0, 0.05) is 41.2 Å². The average molecular weight is 412 g/mol. The van der Waals surface area contributed by atoms with E-state index in [4.69, 9.17) is 15.6 Å². The van der Waals surface area contributed by atoms with Crippen molar-refractivity contribution in [3.05, 3.63) is 30.3 Å². The van der Waals surface area contributed by atoms with E-state index in [0.717, 1.165) is 60.3 Å². The Kier molecular flexibility index (Phi) is 5.99. The third-order valence-electron chi connectivity index (χ3n) is 5.51. The maximum Gasteiger partial charge on any atom is 0.133 e. The Balaban J connectivity index is 1.85. The molecule has 0 saturated carbocycles. The molecule has 1 aromatic heterocycles. The number of aromatic nitrogens is 2. The first kappa shape index (κ1) is 20.1. The lowest BCUT2D eigenvalue weighted by Crippen LogP contribution is -2.27. The van der Waals surface area contributed by atoms with Gasteiger partial charge in [-0.15, -0.1) is 0 Å². The summed E-state index contributed by atoms with van der Waals surface area (Å²) in [5, 5.41) is 9.77. The Labute approximate surface area is 176 Å². The Morgan fingerprint density at radius 3 is 2.72 bits per heavy atom. The van der Waals surface area contributed by atoms with Crippen molar-refractivity contribution < 1.29 is 4.74 Å². The van der Waals surface area contributed by atoms with E-state index in [1.807, 2.05) is 12.1 Å². The van der Waals surface area contributed by atoms with Gasteiger partial charge >= 0.3 is 0 Å². The standard InChI is InChI=1S/C22H29N5OS/c1-4-26(5-2)13-14-27-17-10-9-16(24-12-11-23)22-19(17)20(25-27)15-7-6-8-18(28-3)21(15)29-22/h6-10,24H,4-5,11-14,23H2,1-3H3. The third kappa shape index (κ3) is 3.58. The quantitative estimate of drug-likeness (QED) is 0.436. The van der Waals surface area contributed by atoms with Crippen LogP contribution in [0.4, 0.5) is 5.69 Å². The van der Waals surface area contributed by atoms with E-state index in [0.29, 0.717) is 6.54 Å². The molecule has 7 heteroatoms. The van der Waals surface area contributed by atoms with Gasteiger partial charge < -0.3 is 20.7 Å². The second-order valence-electron chi connectivity index (χ2n) is 7.09. The number of hydrogen-bond acceptors (Lipinski definition) is 6. The minimum atomic E-state index is 0.595. The second-order valence-corrected chi connectivity index (χ2v) is 8.11. The van der Waals surface area contributed by atoms with Gasteiger partial charge in [-0.3, -0.25) is 4.68 Å². The Morgan fingerprint density at radius 1 is 1.17 bits per heavy atom. The van der Waals surface area contributed by atoms with Crippen LogP contribution in [0.5, 0.6) is 5.75 Å². The summed E-state index contributed by atoms with van der Waals surface area (Å²) in [5.74, 6) is 0.887. The molecule has 3 aromatic rings. The molecule has 0 bridgehead atoms. The SMILES string of the molecule is CCN(CC)CCn1nc2c3c(c(NCCN)ccc31)Sc1c(OC)cccc1-2. The van der Waals surface area contributed by atoms with Crippen LogP contribution in [0, 0.1) is 0 Å². The normalized spacial score (nSPS) is 12.4. The van der Waals surface area contributed by atoms with Gasteiger partial charge in [0.15, 0.2) is 0 Å². The van der Waals surface area contributed by atoms with Crippen molar-refractivity contribution in [2.75, 3.05) is 45.2 Å². The highest BCUT2D eigenvalue weighted by Crippen LogP contribution is 2.53. The van der Waals surface area contributed by atoms with Crippen LogP contribution in [0.25, 0.3) is 22.2 Å². The maximum absolute atomic E-state index is 5.73. The molecule has 2 aromatic carbocycles. The Hall–Kier alpha value is -2.22. The van der Waals surface area contributed by atoms with E-state index >= 15 is 0 Å². The zero-order valence-corrected chi connectivity index (χ0v) is 18.2. The molecule has 0 saturated heterocycles. The van der Waals surface area contributed by atoms with Crippen LogP contribution in [-0.2, 0) is 6.54 Å². The Morgan fingerprint density at radius 2 is 2.00 bits per heavy atom. The summed E-state index contributed by atoms with van der Waals surface area (Å²) in [6, 6.07) is 10.5. The smallest absolute Gasteiger partial charge is 0.133 e. The summed E-state index contributed by atoms with van der Waals surface area (Å²) in [5.41, 5.74) is 10.2. The number of hydrogen-bond donors (Lipinski definition) is 2. The molecule has 29 heavy (non-hydrogen) atoms. The van der Waals surface area contributed by atoms with Crippen molar-refractivity contribution in [3.63, 3.8) is 0 Å². The number of benzene rings is 2. The number of methoxy groups -OCH3 is 1. The number of ether oxygens (including phenoxy) is 1. The molecule has 1 aliphatic heterocycles. The molecular weight excluding hydrogens is 382 g/mol. The summed E-state index contributed by atoms with van der Waals surface area (Å²) in [6.07, 6.45) is 0. The monoisotopic (exact) mass is 411 g/mol.